The van der Waals surface area contributed by atoms with Gasteiger partial charge in [-0.2, -0.15) is 0 Å². The number of halogens is 1. The molecule has 1 aromatic carbocycles. The highest BCUT2D eigenvalue weighted by molar-refractivity contribution is 5.81. The van der Waals surface area contributed by atoms with Gasteiger partial charge in [-0.3, -0.25) is 4.79 Å². The molecule has 1 fully saturated rings. The summed E-state index contributed by atoms with van der Waals surface area (Å²) >= 11 is 0. The first-order valence-corrected chi connectivity index (χ1v) is 6.55. The summed E-state index contributed by atoms with van der Waals surface area (Å²) in [7, 11) is 0. The number of benzene rings is 1. The third-order valence-corrected chi connectivity index (χ3v) is 3.03. The van der Waals surface area contributed by atoms with Gasteiger partial charge in [0.25, 0.3) is 5.91 Å². The maximum absolute atomic E-state index is 13.8. The van der Waals surface area contributed by atoms with Crippen LogP contribution >= 0.6 is 0 Å². The Bertz CT molecular complexity index is 461. The zero-order chi connectivity index (χ0) is 13.8. The predicted molar refractivity (Wildman–Crippen MR) is 70.4 cm³/mol. The van der Waals surface area contributed by atoms with E-state index in [4.69, 9.17) is 10.5 Å². The van der Waals surface area contributed by atoms with Gasteiger partial charge in [0.2, 0.25) is 0 Å². The first-order chi connectivity index (χ1) is 9.10. The topological polar surface area (TPSA) is 64.3 Å². The van der Waals surface area contributed by atoms with E-state index in [0.29, 0.717) is 13.0 Å². The Morgan fingerprint density at radius 1 is 1.58 bits per heavy atom. The lowest BCUT2D eigenvalue weighted by molar-refractivity contribution is -0.127. The Hall–Kier alpha value is -1.62. The molecule has 0 aromatic heterocycles. The number of amides is 1. The molecule has 3 N–H and O–H groups in total. The number of rotatable bonds is 6. The van der Waals surface area contributed by atoms with Gasteiger partial charge in [0.1, 0.15) is 0 Å². The molecule has 1 atom stereocenters. The van der Waals surface area contributed by atoms with Crippen LogP contribution in [0.5, 0.6) is 5.75 Å². The second kappa shape index (κ2) is 6.02. The second-order valence-corrected chi connectivity index (χ2v) is 4.85. The number of nitrogens with one attached hydrogen (secondary N) is 1. The summed E-state index contributed by atoms with van der Waals surface area (Å²) in [6.07, 6.45) is 1.95. The summed E-state index contributed by atoms with van der Waals surface area (Å²) in [4.78, 5) is 11.7. The molecule has 1 aromatic rings. The molecular weight excluding hydrogens is 247 g/mol. The van der Waals surface area contributed by atoms with E-state index in [9.17, 15) is 9.18 Å². The minimum absolute atomic E-state index is 0.0965. The van der Waals surface area contributed by atoms with Crippen LogP contribution in [0.1, 0.15) is 25.3 Å². The van der Waals surface area contributed by atoms with Crippen LogP contribution in [0.15, 0.2) is 18.2 Å². The van der Waals surface area contributed by atoms with Crippen molar-refractivity contribution in [3.63, 3.8) is 0 Å². The van der Waals surface area contributed by atoms with Crippen LogP contribution in [0.25, 0.3) is 0 Å². The molecule has 104 valence electrons. The van der Waals surface area contributed by atoms with E-state index in [2.05, 4.69) is 5.32 Å². The second-order valence-electron chi connectivity index (χ2n) is 4.85. The van der Waals surface area contributed by atoms with Crippen molar-refractivity contribution in [1.29, 1.82) is 0 Å². The Labute approximate surface area is 112 Å². The van der Waals surface area contributed by atoms with Gasteiger partial charge in [0, 0.05) is 6.04 Å². The largest absolute Gasteiger partial charge is 0.478 e. The molecular formula is C14H19FN2O2. The van der Waals surface area contributed by atoms with Crippen LogP contribution in [0, 0.1) is 5.82 Å². The van der Waals surface area contributed by atoms with E-state index < -0.39 is 11.9 Å². The van der Waals surface area contributed by atoms with Crippen molar-refractivity contribution >= 4 is 5.91 Å². The summed E-state index contributed by atoms with van der Waals surface area (Å²) in [5.74, 6) is -0.566. The molecule has 0 radical (unpaired) electrons. The van der Waals surface area contributed by atoms with E-state index in [1.807, 2.05) is 0 Å². The van der Waals surface area contributed by atoms with E-state index in [1.165, 1.54) is 6.07 Å². The molecule has 19 heavy (non-hydrogen) atoms. The molecule has 0 saturated heterocycles. The van der Waals surface area contributed by atoms with Crippen molar-refractivity contribution < 1.29 is 13.9 Å². The minimum atomic E-state index is -0.699. The molecule has 4 nitrogen and oxygen atoms in total. The highest BCUT2D eigenvalue weighted by Crippen LogP contribution is 2.21. The van der Waals surface area contributed by atoms with E-state index in [1.54, 1.807) is 19.1 Å². The van der Waals surface area contributed by atoms with Gasteiger partial charge in [0.05, 0.1) is 0 Å². The molecule has 1 aliphatic carbocycles. The first-order valence-electron chi connectivity index (χ1n) is 6.55. The van der Waals surface area contributed by atoms with Gasteiger partial charge in [-0.05, 0) is 50.4 Å². The van der Waals surface area contributed by atoms with Gasteiger partial charge in [-0.15, -0.1) is 0 Å². The van der Waals surface area contributed by atoms with E-state index in [0.717, 1.165) is 18.4 Å². The summed E-state index contributed by atoms with van der Waals surface area (Å²) in [5.41, 5.74) is 6.24. The Kier molecular flexibility index (Phi) is 4.37. The third-order valence-electron chi connectivity index (χ3n) is 3.03. The molecule has 1 unspecified atom stereocenters. The molecule has 0 bridgehead atoms. The number of nitrogens with two attached hydrogens (primary N) is 1. The lowest BCUT2D eigenvalue weighted by atomic mass is 10.1. The van der Waals surface area contributed by atoms with Crippen LogP contribution in [0.4, 0.5) is 4.39 Å². The maximum atomic E-state index is 13.8. The van der Waals surface area contributed by atoms with Crippen molar-refractivity contribution in [1.82, 2.24) is 5.32 Å². The summed E-state index contributed by atoms with van der Waals surface area (Å²) in [5, 5.41) is 2.82. The predicted octanol–water partition coefficient (Wildman–Crippen LogP) is 1.37. The Morgan fingerprint density at radius 3 is 2.89 bits per heavy atom. The number of carbonyl (C=O) groups is 1. The highest BCUT2D eigenvalue weighted by Gasteiger charge is 2.26. The van der Waals surface area contributed by atoms with Crippen LogP contribution in [-0.2, 0) is 11.2 Å². The van der Waals surface area contributed by atoms with E-state index in [-0.39, 0.29) is 17.7 Å². The SMILES string of the molecule is CC(Oc1ccc(CCN)cc1F)C(=O)NC1CC1. The maximum Gasteiger partial charge on any atom is 0.260 e. The fourth-order valence-electron chi connectivity index (χ4n) is 1.75. The normalized spacial score (nSPS) is 15.9. The quantitative estimate of drug-likeness (QED) is 0.817. The Morgan fingerprint density at radius 2 is 2.32 bits per heavy atom. The number of hydrogen-bond donors (Lipinski definition) is 2. The van der Waals surface area contributed by atoms with Gasteiger partial charge < -0.3 is 15.8 Å². The zero-order valence-corrected chi connectivity index (χ0v) is 11.0. The summed E-state index contributed by atoms with van der Waals surface area (Å²) < 4.78 is 19.1. The number of hydrogen-bond acceptors (Lipinski definition) is 3. The van der Waals surface area contributed by atoms with Crippen molar-refractivity contribution in [2.24, 2.45) is 5.73 Å². The number of ether oxygens (including phenoxy) is 1. The average molecular weight is 266 g/mol. The molecule has 2 rings (SSSR count). The Balaban J connectivity index is 1.95. The van der Waals surface area contributed by atoms with Crippen molar-refractivity contribution in [3.05, 3.63) is 29.6 Å². The fraction of sp³-hybridized carbons (Fsp3) is 0.500. The van der Waals surface area contributed by atoms with Crippen LogP contribution in [-0.4, -0.2) is 24.6 Å². The molecule has 0 heterocycles. The monoisotopic (exact) mass is 266 g/mol. The van der Waals surface area contributed by atoms with Crippen molar-refractivity contribution in [2.75, 3.05) is 6.54 Å². The zero-order valence-electron chi connectivity index (χ0n) is 11.0. The summed E-state index contributed by atoms with van der Waals surface area (Å²) in [6.45, 7) is 2.09. The lowest BCUT2D eigenvalue weighted by Crippen LogP contribution is -2.37. The molecule has 1 saturated carbocycles. The standard InChI is InChI=1S/C14H19FN2O2/c1-9(14(18)17-11-3-4-11)19-13-5-2-10(6-7-16)8-12(13)15/h2,5,8-9,11H,3-4,6-7,16H2,1H3,(H,17,18). The lowest BCUT2D eigenvalue weighted by Gasteiger charge is -2.15. The van der Waals surface area contributed by atoms with Gasteiger partial charge >= 0.3 is 0 Å². The molecule has 1 amide bonds. The van der Waals surface area contributed by atoms with E-state index >= 15 is 0 Å². The minimum Gasteiger partial charge on any atom is -0.478 e. The van der Waals surface area contributed by atoms with Gasteiger partial charge in [0.15, 0.2) is 17.7 Å². The smallest absolute Gasteiger partial charge is 0.260 e. The molecule has 1 aliphatic rings. The van der Waals surface area contributed by atoms with Crippen molar-refractivity contribution in [2.45, 2.75) is 38.3 Å². The van der Waals surface area contributed by atoms with Crippen molar-refractivity contribution in [3.8, 4) is 5.75 Å². The molecule has 0 aliphatic heterocycles. The van der Waals surface area contributed by atoms with Crippen LogP contribution < -0.4 is 15.8 Å². The van der Waals surface area contributed by atoms with Crippen LogP contribution in [0.3, 0.4) is 0 Å². The molecule has 0 spiro atoms. The summed E-state index contributed by atoms with van der Waals surface area (Å²) in [6, 6.07) is 4.97. The van der Waals surface area contributed by atoms with Crippen LogP contribution in [0.2, 0.25) is 0 Å². The number of carbonyl (C=O) groups excluding carboxylic acids is 1. The average Bonchev–Trinajstić information content (AvgIpc) is 3.16. The fourth-order valence-corrected chi connectivity index (χ4v) is 1.75. The van der Waals surface area contributed by atoms with Gasteiger partial charge in [-0.1, -0.05) is 6.07 Å². The first kappa shape index (κ1) is 13.8. The highest BCUT2D eigenvalue weighted by atomic mass is 19.1. The van der Waals surface area contributed by atoms with Gasteiger partial charge in [-0.25, -0.2) is 4.39 Å². The third kappa shape index (κ3) is 3.92. The molecule has 5 heteroatoms.